The molecule has 13 heavy (non-hydrogen) atoms. The van der Waals surface area contributed by atoms with Crippen LogP contribution in [0.2, 0.25) is 0 Å². The predicted octanol–water partition coefficient (Wildman–Crippen LogP) is 1.21. The molecule has 1 radical (unpaired) electrons. The van der Waals surface area contributed by atoms with Gasteiger partial charge in [0.05, 0.1) is 7.11 Å². The summed E-state index contributed by atoms with van der Waals surface area (Å²) in [7, 11) is 1.60. The van der Waals surface area contributed by atoms with Crippen molar-refractivity contribution in [2.75, 3.05) is 20.3 Å². The molecule has 0 bridgehead atoms. The summed E-state index contributed by atoms with van der Waals surface area (Å²) in [5, 5.41) is 0. The molecule has 0 unspecified atom stereocenters. The molecule has 0 saturated heterocycles. The molecular formula is C10H14NO2. The summed E-state index contributed by atoms with van der Waals surface area (Å²) in [6, 6.07) is 5.52. The number of ether oxygens (including phenoxy) is 2. The molecule has 0 spiro atoms. The number of rotatable bonds is 4. The lowest BCUT2D eigenvalue weighted by Gasteiger charge is -2.09. The van der Waals surface area contributed by atoms with Gasteiger partial charge < -0.3 is 15.2 Å². The first-order valence-corrected chi connectivity index (χ1v) is 4.11. The van der Waals surface area contributed by atoms with Crippen molar-refractivity contribution in [3.8, 4) is 11.5 Å². The first kappa shape index (κ1) is 9.86. The largest absolute Gasteiger partial charge is 0.493 e. The molecule has 1 aromatic carbocycles. The Bertz CT molecular complexity index is 274. The van der Waals surface area contributed by atoms with Crippen LogP contribution in [0, 0.1) is 6.92 Å². The molecule has 0 aliphatic carbocycles. The topological polar surface area (TPSA) is 44.5 Å². The number of benzene rings is 1. The van der Waals surface area contributed by atoms with E-state index in [4.69, 9.17) is 15.2 Å². The lowest BCUT2D eigenvalue weighted by Crippen LogP contribution is -2.11. The van der Waals surface area contributed by atoms with Crippen molar-refractivity contribution in [2.45, 2.75) is 0 Å². The van der Waals surface area contributed by atoms with Gasteiger partial charge in [0, 0.05) is 6.54 Å². The van der Waals surface area contributed by atoms with Crippen LogP contribution in [0.25, 0.3) is 0 Å². The summed E-state index contributed by atoms with van der Waals surface area (Å²) in [6.45, 7) is 4.78. The summed E-state index contributed by atoms with van der Waals surface area (Å²) in [6.07, 6.45) is 0. The molecule has 2 N–H and O–H groups in total. The molecule has 0 amide bonds. The first-order valence-electron chi connectivity index (χ1n) is 4.11. The minimum Gasteiger partial charge on any atom is -0.493 e. The zero-order valence-electron chi connectivity index (χ0n) is 7.75. The molecule has 3 heteroatoms. The molecule has 0 heterocycles. The zero-order valence-corrected chi connectivity index (χ0v) is 7.75. The normalized spacial score (nSPS) is 9.77. The summed E-state index contributed by atoms with van der Waals surface area (Å²) in [5.74, 6) is 1.40. The Balaban J connectivity index is 2.79. The van der Waals surface area contributed by atoms with Gasteiger partial charge in [-0.25, -0.2) is 0 Å². The molecule has 0 saturated carbocycles. The highest BCUT2D eigenvalue weighted by atomic mass is 16.5. The van der Waals surface area contributed by atoms with Gasteiger partial charge in [0.25, 0.3) is 0 Å². The number of nitrogens with two attached hydrogens (primary N) is 1. The second-order valence-corrected chi connectivity index (χ2v) is 2.62. The summed E-state index contributed by atoms with van der Waals surface area (Å²) in [5.41, 5.74) is 6.22. The van der Waals surface area contributed by atoms with E-state index in [0.29, 0.717) is 24.7 Å². The monoisotopic (exact) mass is 180 g/mol. The van der Waals surface area contributed by atoms with E-state index in [1.165, 1.54) is 0 Å². The van der Waals surface area contributed by atoms with Crippen molar-refractivity contribution < 1.29 is 9.47 Å². The van der Waals surface area contributed by atoms with E-state index in [0.717, 1.165) is 5.56 Å². The quantitative estimate of drug-likeness (QED) is 0.757. The van der Waals surface area contributed by atoms with Crippen LogP contribution in [0.15, 0.2) is 18.2 Å². The first-order chi connectivity index (χ1) is 6.27. The molecule has 0 atom stereocenters. The van der Waals surface area contributed by atoms with E-state index in [1.54, 1.807) is 7.11 Å². The van der Waals surface area contributed by atoms with Gasteiger partial charge in [-0.1, -0.05) is 6.07 Å². The highest BCUT2D eigenvalue weighted by Gasteiger charge is 2.02. The molecule has 3 nitrogen and oxygen atoms in total. The average molecular weight is 180 g/mol. The Hall–Kier alpha value is -1.22. The second-order valence-electron chi connectivity index (χ2n) is 2.62. The van der Waals surface area contributed by atoms with Crippen LogP contribution in [0.1, 0.15) is 5.56 Å². The Morgan fingerprint density at radius 2 is 2.15 bits per heavy atom. The SMILES string of the molecule is [CH2]c1ccc(OCCN)c(OC)c1. The van der Waals surface area contributed by atoms with E-state index in [2.05, 4.69) is 6.92 Å². The Morgan fingerprint density at radius 3 is 2.77 bits per heavy atom. The maximum absolute atomic E-state index is 5.35. The molecule has 0 aliphatic rings. The van der Waals surface area contributed by atoms with Gasteiger partial charge in [-0.05, 0) is 24.6 Å². The predicted molar refractivity (Wildman–Crippen MR) is 52.0 cm³/mol. The van der Waals surface area contributed by atoms with Crippen molar-refractivity contribution >= 4 is 0 Å². The fourth-order valence-electron chi connectivity index (χ4n) is 1.00. The summed E-state index contributed by atoms with van der Waals surface area (Å²) in [4.78, 5) is 0. The smallest absolute Gasteiger partial charge is 0.161 e. The van der Waals surface area contributed by atoms with Crippen molar-refractivity contribution in [2.24, 2.45) is 5.73 Å². The minimum absolute atomic E-state index is 0.493. The minimum atomic E-state index is 0.493. The second kappa shape index (κ2) is 4.72. The fourth-order valence-corrected chi connectivity index (χ4v) is 1.00. The standard InChI is InChI=1S/C10H14NO2/c1-8-3-4-9(13-6-5-11)10(7-8)12-2/h3-4,7H,1,5-6,11H2,2H3. The zero-order chi connectivity index (χ0) is 9.68. The maximum Gasteiger partial charge on any atom is 0.161 e. The van der Waals surface area contributed by atoms with Crippen LogP contribution in [0.3, 0.4) is 0 Å². The summed E-state index contributed by atoms with van der Waals surface area (Å²) < 4.78 is 10.5. The third kappa shape index (κ3) is 2.63. The molecule has 0 aliphatic heterocycles. The molecular weight excluding hydrogens is 166 g/mol. The lowest BCUT2D eigenvalue weighted by atomic mass is 10.2. The van der Waals surface area contributed by atoms with Gasteiger partial charge in [0.1, 0.15) is 6.61 Å². The fraction of sp³-hybridized carbons (Fsp3) is 0.300. The third-order valence-corrected chi connectivity index (χ3v) is 1.60. The van der Waals surface area contributed by atoms with Crippen LogP contribution in [-0.4, -0.2) is 20.3 Å². The van der Waals surface area contributed by atoms with Gasteiger partial charge in [-0.15, -0.1) is 0 Å². The van der Waals surface area contributed by atoms with Crippen LogP contribution in [0.5, 0.6) is 11.5 Å². The molecule has 0 fully saturated rings. The Labute approximate surface area is 78.5 Å². The number of hydrogen-bond acceptors (Lipinski definition) is 3. The lowest BCUT2D eigenvalue weighted by molar-refractivity contribution is 0.302. The van der Waals surface area contributed by atoms with Gasteiger partial charge in [-0.3, -0.25) is 0 Å². The van der Waals surface area contributed by atoms with Crippen LogP contribution < -0.4 is 15.2 Å². The van der Waals surface area contributed by atoms with E-state index in [1.807, 2.05) is 18.2 Å². The Kier molecular flexibility index (Phi) is 3.58. The molecule has 1 aromatic rings. The molecule has 71 valence electrons. The van der Waals surface area contributed by atoms with Gasteiger partial charge >= 0.3 is 0 Å². The van der Waals surface area contributed by atoms with Crippen LogP contribution >= 0.6 is 0 Å². The van der Waals surface area contributed by atoms with E-state index >= 15 is 0 Å². The van der Waals surface area contributed by atoms with Crippen molar-refractivity contribution in [1.29, 1.82) is 0 Å². The van der Waals surface area contributed by atoms with Gasteiger partial charge in [0.2, 0.25) is 0 Å². The summed E-state index contributed by atoms with van der Waals surface area (Å²) >= 11 is 0. The van der Waals surface area contributed by atoms with Gasteiger partial charge in [-0.2, -0.15) is 0 Å². The molecule has 0 aromatic heterocycles. The molecule has 1 rings (SSSR count). The third-order valence-electron chi connectivity index (χ3n) is 1.60. The van der Waals surface area contributed by atoms with E-state index < -0.39 is 0 Å². The number of hydrogen-bond donors (Lipinski definition) is 1. The van der Waals surface area contributed by atoms with Crippen molar-refractivity contribution in [3.05, 3.63) is 30.7 Å². The highest BCUT2D eigenvalue weighted by Crippen LogP contribution is 2.27. The van der Waals surface area contributed by atoms with E-state index in [-0.39, 0.29) is 0 Å². The van der Waals surface area contributed by atoms with E-state index in [9.17, 15) is 0 Å². The van der Waals surface area contributed by atoms with Crippen molar-refractivity contribution in [3.63, 3.8) is 0 Å². The highest BCUT2D eigenvalue weighted by molar-refractivity contribution is 5.43. The van der Waals surface area contributed by atoms with Gasteiger partial charge in [0.15, 0.2) is 11.5 Å². The average Bonchev–Trinajstić information content (AvgIpc) is 2.16. The van der Waals surface area contributed by atoms with Crippen LogP contribution in [-0.2, 0) is 0 Å². The maximum atomic E-state index is 5.35. The number of methoxy groups -OCH3 is 1. The van der Waals surface area contributed by atoms with Crippen LogP contribution in [0.4, 0.5) is 0 Å². The van der Waals surface area contributed by atoms with Crippen molar-refractivity contribution in [1.82, 2.24) is 0 Å². The Morgan fingerprint density at radius 1 is 1.38 bits per heavy atom.